The molecule has 0 aliphatic carbocycles. The van der Waals surface area contributed by atoms with Gasteiger partial charge in [0.25, 0.3) is 0 Å². The van der Waals surface area contributed by atoms with Gasteiger partial charge in [-0.05, 0) is 23.5 Å². The van der Waals surface area contributed by atoms with Gasteiger partial charge in [-0.25, -0.2) is 12.7 Å². The van der Waals surface area contributed by atoms with Crippen LogP contribution >= 0.6 is 0 Å². The Kier molecular flexibility index (Phi) is 6.59. The second-order valence-corrected chi connectivity index (χ2v) is 8.30. The van der Waals surface area contributed by atoms with Crippen molar-refractivity contribution in [2.45, 2.75) is 39.0 Å². The second kappa shape index (κ2) is 8.24. The average molecular weight is 340 g/mol. The highest BCUT2D eigenvalue weighted by atomic mass is 32.2. The van der Waals surface area contributed by atoms with Crippen molar-refractivity contribution in [1.29, 1.82) is 0 Å². The maximum absolute atomic E-state index is 11.7. The van der Waals surface area contributed by atoms with Crippen LogP contribution in [0.3, 0.4) is 0 Å². The van der Waals surface area contributed by atoms with Crippen LogP contribution in [0.15, 0.2) is 24.3 Å². The van der Waals surface area contributed by atoms with E-state index < -0.39 is 10.0 Å². The molecule has 0 aromatic heterocycles. The van der Waals surface area contributed by atoms with Gasteiger partial charge in [0.2, 0.25) is 10.0 Å². The summed E-state index contributed by atoms with van der Waals surface area (Å²) >= 11 is 0. The Bertz CT molecular complexity index is 586. The fourth-order valence-corrected chi connectivity index (χ4v) is 4.05. The summed E-state index contributed by atoms with van der Waals surface area (Å²) in [5, 5.41) is 3.61. The quantitative estimate of drug-likeness (QED) is 0.825. The lowest BCUT2D eigenvalue weighted by atomic mass is 9.91. The first-order valence-electron chi connectivity index (χ1n) is 8.19. The van der Waals surface area contributed by atoms with Gasteiger partial charge >= 0.3 is 0 Å². The zero-order valence-corrected chi connectivity index (χ0v) is 15.1. The first kappa shape index (κ1) is 18.4. The molecule has 1 aliphatic heterocycles. The SMILES string of the molecule is CC[C@H]1CN(S(C)(=O)=O)CC[C@@H]1NCc1ccc(COC)cc1. The van der Waals surface area contributed by atoms with Gasteiger partial charge < -0.3 is 10.1 Å². The Morgan fingerprint density at radius 1 is 1.26 bits per heavy atom. The van der Waals surface area contributed by atoms with Crippen LogP contribution in [0.2, 0.25) is 0 Å². The molecule has 1 aromatic rings. The number of benzene rings is 1. The van der Waals surface area contributed by atoms with Crippen LogP contribution in [0.25, 0.3) is 0 Å². The van der Waals surface area contributed by atoms with E-state index in [9.17, 15) is 8.42 Å². The third-order valence-corrected chi connectivity index (χ3v) is 5.86. The van der Waals surface area contributed by atoms with E-state index in [0.717, 1.165) is 19.4 Å². The van der Waals surface area contributed by atoms with Crippen LogP contribution in [-0.2, 0) is 27.9 Å². The summed E-state index contributed by atoms with van der Waals surface area (Å²) in [6.45, 7) is 4.81. The minimum atomic E-state index is -3.08. The summed E-state index contributed by atoms with van der Waals surface area (Å²) < 4.78 is 30.2. The zero-order valence-electron chi connectivity index (χ0n) is 14.3. The van der Waals surface area contributed by atoms with E-state index in [2.05, 4.69) is 36.5 Å². The Morgan fingerprint density at radius 2 is 1.91 bits per heavy atom. The van der Waals surface area contributed by atoms with Gasteiger partial charge in [0.15, 0.2) is 0 Å². The van der Waals surface area contributed by atoms with E-state index in [-0.39, 0.29) is 0 Å². The molecular weight excluding hydrogens is 312 g/mol. The molecule has 0 radical (unpaired) electrons. The second-order valence-electron chi connectivity index (χ2n) is 6.31. The lowest BCUT2D eigenvalue weighted by Gasteiger charge is -2.37. The maximum atomic E-state index is 11.7. The molecular formula is C17H28N2O3S. The van der Waals surface area contributed by atoms with Gasteiger partial charge in [0, 0.05) is 32.8 Å². The van der Waals surface area contributed by atoms with Crippen LogP contribution in [-0.4, -0.2) is 45.2 Å². The smallest absolute Gasteiger partial charge is 0.211 e. The highest BCUT2D eigenvalue weighted by molar-refractivity contribution is 7.88. The predicted molar refractivity (Wildman–Crippen MR) is 92.6 cm³/mol. The van der Waals surface area contributed by atoms with Gasteiger partial charge in [0.1, 0.15) is 0 Å². The van der Waals surface area contributed by atoms with E-state index >= 15 is 0 Å². The number of hydrogen-bond acceptors (Lipinski definition) is 4. The van der Waals surface area contributed by atoms with E-state index in [0.29, 0.717) is 31.7 Å². The van der Waals surface area contributed by atoms with Crippen LogP contribution in [0.1, 0.15) is 30.9 Å². The number of ether oxygens (including phenoxy) is 1. The van der Waals surface area contributed by atoms with E-state index in [1.165, 1.54) is 17.4 Å². The Labute approximate surface area is 140 Å². The van der Waals surface area contributed by atoms with Gasteiger partial charge in [-0.15, -0.1) is 0 Å². The summed E-state index contributed by atoms with van der Waals surface area (Å²) in [6, 6.07) is 8.78. The fraction of sp³-hybridized carbons (Fsp3) is 0.647. The van der Waals surface area contributed by atoms with Crippen molar-refractivity contribution < 1.29 is 13.2 Å². The van der Waals surface area contributed by atoms with Crippen LogP contribution in [0, 0.1) is 5.92 Å². The lowest BCUT2D eigenvalue weighted by molar-refractivity contribution is 0.185. The topological polar surface area (TPSA) is 58.6 Å². The van der Waals surface area contributed by atoms with Crippen molar-refractivity contribution in [3.8, 4) is 0 Å². The lowest BCUT2D eigenvalue weighted by Crippen LogP contribution is -2.50. The largest absolute Gasteiger partial charge is 0.380 e. The molecule has 23 heavy (non-hydrogen) atoms. The number of nitrogens with one attached hydrogen (secondary N) is 1. The molecule has 1 fully saturated rings. The summed E-state index contributed by atoms with van der Waals surface area (Å²) in [7, 11) is -1.38. The number of hydrogen-bond donors (Lipinski definition) is 1. The Hall–Kier alpha value is -0.950. The molecule has 130 valence electrons. The molecule has 0 amide bonds. The zero-order chi connectivity index (χ0) is 16.9. The molecule has 0 bridgehead atoms. The van der Waals surface area contributed by atoms with Crippen molar-refractivity contribution in [2.24, 2.45) is 5.92 Å². The predicted octanol–water partition coefficient (Wildman–Crippen LogP) is 1.98. The minimum absolute atomic E-state index is 0.367. The van der Waals surface area contributed by atoms with Gasteiger partial charge in [-0.1, -0.05) is 37.6 Å². The van der Waals surface area contributed by atoms with Gasteiger partial charge in [-0.2, -0.15) is 0 Å². The Balaban J connectivity index is 1.90. The molecule has 1 saturated heterocycles. The summed E-state index contributed by atoms with van der Waals surface area (Å²) in [4.78, 5) is 0. The first-order valence-corrected chi connectivity index (χ1v) is 10.0. The molecule has 1 aromatic carbocycles. The normalized spacial score (nSPS) is 23.1. The van der Waals surface area contributed by atoms with E-state index in [4.69, 9.17) is 4.74 Å². The molecule has 1 N–H and O–H groups in total. The van der Waals surface area contributed by atoms with E-state index in [1.807, 2.05) is 0 Å². The van der Waals surface area contributed by atoms with Crippen molar-refractivity contribution in [2.75, 3.05) is 26.5 Å². The van der Waals surface area contributed by atoms with Crippen molar-refractivity contribution in [3.05, 3.63) is 35.4 Å². The van der Waals surface area contributed by atoms with E-state index in [1.54, 1.807) is 11.4 Å². The number of rotatable bonds is 7. The molecule has 0 spiro atoms. The molecule has 1 aliphatic rings. The molecule has 1 heterocycles. The summed E-state index contributed by atoms with van der Waals surface area (Å²) in [6.07, 6.45) is 3.15. The third kappa shape index (κ3) is 5.28. The number of piperidine rings is 1. The fourth-order valence-electron chi connectivity index (χ4n) is 3.15. The van der Waals surface area contributed by atoms with Crippen molar-refractivity contribution in [1.82, 2.24) is 9.62 Å². The summed E-state index contributed by atoms with van der Waals surface area (Å²) in [5.41, 5.74) is 2.41. The Morgan fingerprint density at radius 3 is 2.48 bits per heavy atom. The monoisotopic (exact) mass is 340 g/mol. The van der Waals surface area contributed by atoms with Gasteiger partial charge in [0.05, 0.1) is 12.9 Å². The standard InChI is InChI=1S/C17H28N2O3S/c1-4-16-12-19(23(3,20)21)10-9-17(16)18-11-14-5-7-15(8-6-14)13-22-2/h5-8,16-18H,4,9-13H2,1-3H3/t16-,17-/m0/s1. The maximum Gasteiger partial charge on any atom is 0.211 e. The van der Waals surface area contributed by atoms with Crippen LogP contribution in [0.4, 0.5) is 0 Å². The van der Waals surface area contributed by atoms with Crippen molar-refractivity contribution >= 4 is 10.0 Å². The number of sulfonamides is 1. The molecule has 6 heteroatoms. The number of methoxy groups -OCH3 is 1. The molecule has 0 saturated carbocycles. The average Bonchev–Trinajstić information content (AvgIpc) is 2.53. The van der Waals surface area contributed by atoms with Gasteiger partial charge in [-0.3, -0.25) is 0 Å². The molecule has 0 unspecified atom stereocenters. The highest BCUT2D eigenvalue weighted by Crippen LogP contribution is 2.22. The number of nitrogens with zero attached hydrogens (tertiary/aromatic N) is 1. The summed E-state index contributed by atoms with van der Waals surface area (Å²) in [5.74, 6) is 0.367. The highest BCUT2D eigenvalue weighted by Gasteiger charge is 2.31. The van der Waals surface area contributed by atoms with Crippen molar-refractivity contribution in [3.63, 3.8) is 0 Å². The third-order valence-electron chi connectivity index (χ3n) is 4.59. The molecule has 5 nitrogen and oxygen atoms in total. The van der Waals surface area contributed by atoms with Crippen LogP contribution < -0.4 is 5.32 Å². The van der Waals surface area contributed by atoms with Crippen LogP contribution in [0.5, 0.6) is 0 Å². The molecule has 2 atom stereocenters. The molecule has 2 rings (SSSR count). The minimum Gasteiger partial charge on any atom is -0.380 e. The first-order chi connectivity index (χ1) is 10.9.